The maximum atomic E-state index is 13.9. The smallest absolute Gasteiger partial charge is 0.225 e. The van der Waals surface area contributed by atoms with E-state index < -0.39 is 30.0 Å². The highest BCUT2D eigenvalue weighted by Gasteiger charge is 2.46. The second-order valence-electron chi connectivity index (χ2n) is 8.74. The van der Waals surface area contributed by atoms with Gasteiger partial charge in [-0.25, -0.2) is 19.3 Å². The highest BCUT2D eigenvalue weighted by Crippen LogP contribution is 2.38. The molecule has 0 unspecified atom stereocenters. The summed E-state index contributed by atoms with van der Waals surface area (Å²) in [5.41, 5.74) is 2.80. The Morgan fingerprint density at radius 2 is 2.03 bits per heavy atom. The average Bonchev–Trinajstić information content (AvgIpc) is 3.43. The lowest BCUT2D eigenvalue weighted by atomic mass is 10.1. The molecular weight excluding hydrogens is 467 g/mol. The Morgan fingerprint density at radius 1 is 1.19 bits per heavy atom. The van der Waals surface area contributed by atoms with E-state index in [0.717, 1.165) is 17.6 Å². The molecule has 4 atom stereocenters. The summed E-state index contributed by atoms with van der Waals surface area (Å²) in [7, 11) is 1.48. The molecule has 12 heteroatoms. The summed E-state index contributed by atoms with van der Waals surface area (Å²) in [5, 5.41) is 27.0. The Bertz CT molecular complexity index is 1430. The van der Waals surface area contributed by atoms with Crippen LogP contribution in [-0.4, -0.2) is 64.9 Å². The maximum Gasteiger partial charge on any atom is 0.225 e. The van der Waals surface area contributed by atoms with Crippen molar-refractivity contribution in [1.82, 2.24) is 34.8 Å². The number of aliphatic hydroxyl groups excluding tert-OH is 2. The largest absolute Gasteiger partial charge is 0.390 e. The second-order valence-corrected chi connectivity index (χ2v) is 8.74. The number of amides is 1. The fraction of sp³-hybridized carbons (Fsp3) is 0.333. The summed E-state index contributed by atoms with van der Waals surface area (Å²) < 4.78 is 15.6. The Hall–Kier alpha value is -4.03. The zero-order valence-electron chi connectivity index (χ0n) is 19.6. The summed E-state index contributed by atoms with van der Waals surface area (Å²) in [6, 6.07) is 6.30. The molecule has 11 nitrogen and oxygen atoms in total. The van der Waals surface area contributed by atoms with Crippen LogP contribution in [0.1, 0.15) is 23.9 Å². The molecule has 1 aliphatic rings. The van der Waals surface area contributed by atoms with E-state index in [1.165, 1.54) is 25.6 Å². The summed E-state index contributed by atoms with van der Waals surface area (Å²) in [4.78, 5) is 34.3. The number of halogens is 1. The van der Waals surface area contributed by atoms with Crippen molar-refractivity contribution in [3.05, 3.63) is 60.2 Å². The van der Waals surface area contributed by atoms with E-state index in [4.69, 9.17) is 0 Å². The van der Waals surface area contributed by atoms with E-state index in [1.807, 2.05) is 25.1 Å². The van der Waals surface area contributed by atoms with Crippen molar-refractivity contribution >= 4 is 22.9 Å². The van der Waals surface area contributed by atoms with Gasteiger partial charge in [-0.05, 0) is 31.5 Å². The minimum Gasteiger partial charge on any atom is -0.390 e. The van der Waals surface area contributed by atoms with Gasteiger partial charge in [0.2, 0.25) is 5.91 Å². The molecule has 1 aliphatic carbocycles. The Balaban J connectivity index is 1.58. The first-order valence-corrected chi connectivity index (χ1v) is 11.5. The van der Waals surface area contributed by atoms with Crippen molar-refractivity contribution in [3.63, 3.8) is 0 Å². The number of hydrogen-bond donors (Lipinski definition) is 4. The third-order valence-electron chi connectivity index (χ3n) is 6.36. The molecule has 1 fully saturated rings. The standard InChI is InChI=1S/C24H25FN8O3/c1-12-4-3-5-15(30-12)10-28-22-18-23(32-21(31-22)13-6-14(25)9-27-8-13)33(11-29-18)17-7-16(24(36)26-2)19(34)20(17)35/h3-6,8-9,11,16-17,19-20,34-35H,7,10H2,1-2H3,(H,26,36)(H,28,31,32)/t16-,17+,19+,20-/m0/s1. The fourth-order valence-corrected chi connectivity index (χ4v) is 4.55. The fourth-order valence-electron chi connectivity index (χ4n) is 4.55. The van der Waals surface area contributed by atoms with Gasteiger partial charge in [-0.2, -0.15) is 0 Å². The zero-order valence-corrected chi connectivity index (χ0v) is 19.6. The minimum absolute atomic E-state index is 0.185. The number of imidazole rings is 1. The Kier molecular flexibility index (Phi) is 6.29. The molecule has 0 bridgehead atoms. The second kappa shape index (κ2) is 9.55. The van der Waals surface area contributed by atoms with Crippen molar-refractivity contribution in [3.8, 4) is 11.4 Å². The van der Waals surface area contributed by atoms with Crippen LogP contribution in [0.5, 0.6) is 0 Å². The summed E-state index contributed by atoms with van der Waals surface area (Å²) in [6.45, 7) is 2.25. The molecule has 4 heterocycles. The first-order chi connectivity index (χ1) is 17.4. The lowest BCUT2D eigenvalue weighted by Gasteiger charge is -2.18. The van der Waals surface area contributed by atoms with Gasteiger partial charge in [0.05, 0.1) is 42.8 Å². The number of aliphatic hydroxyl groups is 2. The van der Waals surface area contributed by atoms with Gasteiger partial charge in [0.25, 0.3) is 0 Å². The van der Waals surface area contributed by atoms with E-state index in [-0.39, 0.29) is 18.2 Å². The molecule has 4 N–H and O–H groups in total. The number of aryl methyl sites for hydroxylation is 1. The highest BCUT2D eigenvalue weighted by molar-refractivity contribution is 5.85. The van der Waals surface area contributed by atoms with E-state index >= 15 is 0 Å². The summed E-state index contributed by atoms with van der Waals surface area (Å²) in [5.74, 6) is -1.09. The van der Waals surface area contributed by atoms with Crippen LogP contribution in [0.3, 0.4) is 0 Å². The van der Waals surface area contributed by atoms with Crippen LogP contribution >= 0.6 is 0 Å². The van der Waals surface area contributed by atoms with Crippen molar-refractivity contribution in [2.75, 3.05) is 12.4 Å². The van der Waals surface area contributed by atoms with Crippen LogP contribution in [0.15, 0.2) is 43.0 Å². The topological polar surface area (TPSA) is 151 Å². The molecule has 0 aromatic carbocycles. The van der Waals surface area contributed by atoms with E-state index in [2.05, 4.69) is 35.6 Å². The number of anilines is 1. The van der Waals surface area contributed by atoms with Crippen LogP contribution < -0.4 is 10.6 Å². The monoisotopic (exact) mass is 492 g/mol. The molecule has 5 rings (SSSR count). The third kappa shape index (κ3) is 4.36. The predicted molar refractivity (Wildman–Crippen MR) is 128 cm³/mol. The number of rotatable bonds is 6. The van der Waals surface area contributed by atoms with Crippen molar-refractivity contribution in [1.29, 1.82) is 0 Å². The average molecular weight is 493 g/mol. The van der Waals surface area contributed by atoms with Crippen LogP contribution in [0.2, 0.25) is 0 Å². The molecule has 186 valence electrons. The van der Waals surface area contributed by atoms with Gasteiger partial charge >= 0.3 is 0 Å². The van der Waals surface area contributed by atoms with Crippen LogP contribution in [0, 0.1) is 18.7 Å². The number of carbonyl (C=O) groups is 1. The molecule has 0 radical (unpaired) electrons. The van der Waals surface area contributed by atoms with Gasteiger partial charge in [0.15, 0.2) is 17.3 Å². The Morgan fingerprint density at radius 3 is 2.78 bits per heavy atom. The third-order valence-corrected chi connectivity index (χ3v) is 6.36. The lowest BCUT2D eigenvalue weighted by molar-refractivity contribution is -0.128. The van der Waals surface area contributed by atoms with Crippen molar-refractivity contribution in [2.45, 2.75) is 38.1 Å². The van der Waals surface area contributed by atoms with Gasteiger partial charge in [0, 0.05) is 24.5 Å². The number of pyridine rings is 2. The summed E-state index contributed by atoms with van der Waals surface area (Å²) in [6.07, 6.45) is 1.76. The van der Waals surface area contributed by atoms with Crippen molar-refractivity contribution < 1.29 is 19.4 Å². The van der Waals surface area contributed by atoms with Gasteiger partial charge in [0.1, 0.15) is 17.4 Å². The van der Waals surface area contributed by atoms with E-state index in [0.29, 0.717) is 29.1 Å². The molecule has 0 spiro atoms. The first kappa shape index (κ1) is 23.7. The quantitative estimate of drug-likeness (QED) is 0.313. The summed E-state index contributed by atoms with van der Waals surface area (Å²) >= 11 is 0. The maximum absolute atomic E-state index is 13.9. The SMILES string of the molecule is CNC(=O)[C@H]1C[C@@H](n2cnc3c(NCc4cccc(C)n4)nc(-c4cncc(F)c4)nc32)[C@H](O)[C@@H]1O. The normalized spacial score (nSPS) is 21.6. The molecule has 36 heavy (non-hydrogen) atoms. The highest BCUT2D eigenvalue weighted by atomic mass is 19.1. The number of hydrogen-bond acceptors (Lipinski definition) is 9. The first-order valence-electron chi connectivity index (χ1n) is 11.5. The number of carbonyl (C=O) groups excluding carboxylic acids is 1. The minimum atomic E-state index is -1.24. The van der Waals surface area contributed by atoms with Crippen LogP contribution in [0.4, 0.5) is 10.2 Å². The van der Waals surface area contributed by atoms with E-state index in [9.17, 15) is 19.4 Å². The molecule has 0 saturated heterocycles. The van der Waals surface area contributed by atoms with E-state index in [1.54, 1.807) is 4.57 Å². The molecule has 0 aliphatic heterocycles. The molecule has 1 amide bonds. The van der Waals surface area contributed by atoms with Crippen LogP contribution in [0.25, 0.3) is 22.6 Å². The zero-order chi connectivity index (χ0) is 25.4. The molecule has 1 saturated carbocycles. The Labute approximate surface area is 205 Å². The number of fused-ring (bicyclic) bond motifs is 1. The van der Waals surface area contributed by atoms with Crippen LogP contribution in [-0.2, 0) is 11.3 Å². The molecule has 4 aromatic heterocycles. The number of aromatic nitrogens is 6. The number of nitrogens with one attached hydrogen (secondary N) is 2. The molecular formula is C24H25FN8O3. The molecule has 4 aromatic rings. The van der Waals surface area contributed by atoms with Gasteiger partial charge in [-0.1, -0.05) is 6.07 Å². The van der Waals surface area contributed by atoms with Gasteiger partial charge < -0.3 is 25.4 Å². The van der Waals surface area contributed by atoms with Crippen molar-refractivity contribution in [2.24, 2.45) is 5.92 Å². The predicted octanol–water partition coefficient (Wildman–Crippen LogP) is 1.37. The lowest BCUT2D eigenvalue weighted by Crippen LogP contribution is -2.36. The van der Waals surface area contributed by atoms with Gasteiger partial charge in [-0.3, -0.25) is 14.8 Å². The number of nitrogens with zero attached hydrogens (tertiary/aromatic N) is 6. The van der Waals surface area contributed by atoms with Gasteiger partial charge in [-0.15, -0.1) is 0 Å².